The lowest BCUT2D eigenvalue weighted by Gasteiger charge is -2.15. The summed E-state index contributed by atoms with van der Waals surface area (Å²) >= 11 is 0. The van der Waals surface area contributed by atoms with Crippen LogP contribution in [0.3, 0.4) is 0 Å². The number of benzene rings is 1. The van der Waals surface area contributed by atoms with Crippen LogP contribution in [-0.2, 0) is 16.1 Å². The average Bonchev–Trinajstić information content (AvgIpc) is 3.27. The fraction of sp³-hybridized carbons (Fsp3) is 0.588. The molecular formula is C17H23NO4. The van der Waals surface area contributed by atoms with Gasteiger partial charge in [-0.3, -0.25) is 4.79 Å². The van der Waals surface area contributed by atoms with Gasteiger partial charge in [0.25, 0.3) is 0 Å². The maximum Gasteiger partial charge on any atom is 0.223 e. The molecule has 0 unspecified atom stereocenters. The zero-order chi connectivity index (χ0) is 15.4. The van der Waals surface area contributed by atoms with E-state index in [1.54, 1.807) is 7.11 Å². The van der Waals surface area contributed by atoms with E-state index in [9.17, 15) is 4.79 Å². The van der Waals surface area contributed by atoms with E-state index in [1.165, 1.54) is 0 Å². The Morgan fingerprint density at radius 2 is 2.18 bits per heavy atom. The number of rotatable bonds is 7. The van der Waals surface area contributed by atoms with Gasteiger partial charge in [0.15, 0.2) is 11.5 Å². The summed E-state index contributed by atoms with van der Waals surface area (Å²) in [4.78, 5) is 11.7. The molecule has 1 amide bonds. The third-order valence-electron chi connectivity index (χ3n) is 4.09. The van der Waals surface area contributed by atoms with Crippen LogP contribution >= 0.6 is 0 Å². The first-order valence-electron chi connectivity index (χ1n) is 7.95. The van der Waals surface area contributed by atoms with Crippen LogP contribution in [0.25, 0.3) is 0 Å². The highest BCUT2D eigenvalue weighted by Gasteiger charge is 2.29. The monoisotopic (exact) mass is 305 g/mol. The Morgan fingerprint density at radius 3 is 2.86 bits per heavy atom. The quantitative estimate of drug-likeness (QED) is 0.839. The number of nitrogens with one attached hydrogen (secondary N) is 1. The van der Waals surface area contributed by atoms with E-state index in [0.717, 1.165) is 43.6 Å². The van der Waals surface area contributed by atoms with Crippen LogP contribution in [0.5, 0.6) is 11.5 Å². The van der Waals surface area contributed by atoms with Crippen molar-refractivity contribution in [2.45, 2.75) is 38.3 Å². The van der Waals surface area contributed by atoms with Crippen LogP contribution in [0, 0.1) is 5.92 Å². The van der Waals surface area contributed by atoms with Gasteiger partial charge >= 0.3 is 0 Å². The molecule has 120 valence electrons. The van der Waals surface area contributed by atoms with E-state index in [2.05, 4.69) is 5.32 Å². The standard InChI is InChI=1S/C17H23NO4/c1-20-16-9-12(10-18-17(19)13-5-6-13)4-7-15(16)22-11-14-3-2-8-21-14/h4,7,9,13-14H,2-3,5-6,8,10-11H2,1H3,(H,18,19)/t14-/m0/s1. The molecule has 5 nitrogen and oxygen atoms in total. The molecule has 1 aromatic rings. The predicted molar refractivity (Wildman–Crippen MR) is 82.0 cm³/mol. The largest absolute Gasteiger partial charge is 0.493 e. The van der Waals surface area contributed by atoms with Crippen molar-refractivity contribution < 1.29 is 19.0 Å². The molecule has 5 heteroatoms. The van der Waals surface area contributed by atoms with Gasteiger partial charge in [-0.15, -0.1) is 0 Å². The second-order valence-corrected chi connectivity index (χ2v) is 5.92. The number of hydrogen-bond donors (Lipinski definition) is 1. The highest BCUT2D eigenvalue weighted by Crippen LogP contribution is 2.30. The molecule has 1 saturated carbocycles. The van der Waals surface area contributed by atoms with Crippen molar-refractivity contribution in [3.63, 3.8) is 0 Å². The summed E-state index contributed by atoms with van der Waals surface area (Å²) in [6.45, 7) is 1.90. The molecule has 0 aromatic heterocycles. The number of methoxy groups -OCH3 is 1. The van der Waals surface area contributed by atoms with Crippen molar-refractivity contribution in [2.24, 2.45) is 5.92 Å². The zero-order valence-electron chi connectivity index (χ0n) is 13.0. The van der Waals surface area contributed by atoms with Gasteiger partial charge in [-0.1, -0.05) is 6.07 Å². The Balaban J connectivity index is 1.55. The predicted octanol–water partition coefficient (Wildman–Crippen LogP) is 2.28. The molecule has 1 saturated heterocycles. The number of amides is 1. The minimum atomic E-state index is 0.151. The molecule has 1 N–H and O–H groups in total. The van der Waals surface area contributed by atoms with Crippen molar-refractivity contribution >= 4 is 5.91 Å². The van der Waals surface area contributed by atoms with E-state index in [0.29, 0.717) is 18.9 Å². The Bertz CT molecular complexity index is 521. The summed E-state index contributed by atoms with van der Waals surface area (Å²) in [5.41, 5.74) is 1.01. The van der Waals surface area contributed by atoms with Crippen molar-refractivity contribution in [2.75, 3.05) is 20.3 Å². The fourth-order valence-corrected chi connectivity index (χ4v) is 2.58. The topological polar surface area (TPSA) is 56.8 Å². The first-order valence-corrected chi connectivity index (χ1v) is 7.95. The number of hydrogen-bond acceptors (Lipinski definition) is 4. The lowest BCUT2D eigenvalue weighted by atomic mass is 10.2. The maximum absolute atomic E-state index is 11.7. The van der Waals surface area contributed by atoms with Gasteiger partial charge in [0, 0.05) is 19.1 Å². The number of carbonyl (C=O) groups excluding carboxylic acids is 1. The molecular weight excluding hydrogens is 282 g/mol. The highest BCUT2D eigenvalue weighted by atomic mass is 16.5. The molecule has 3 rings (SSSR count). The second-order valence-electron chi connectivity index (χ2n) is 5.92. The van der Waals surface area contributed by atoms with Crippen LogP contribution in [-0.4, -0.2) is 32.3 Å². The van der Waals surface area contributed by atoms with Crippen LogP contribution in [0.2, 0.25) is 0 Å². The molecule has 2 aliphatic rings. The summed E-state index contributed by atoms with van der Waals surface area (Å²) in [6, 6.07) is 5.77. The molecule has 0 bridgehead atoms. The molecule has 22 heavy (non-hydrogen) atoms. The van der Waals surface area contributed by atoms with E-state index in [1.807, 2.05) is 18.2 Å². The summed E-state index contributed by atoms with van der Waals surface area (Å²) in [6.07, 6.45) is 4.37. The Labute approximate surface area is 130 Å². The Morgan fingerprint density at radius 1 is 1.32 bits per heavy atom. The molecule has 1 aliphatic carbocycles. The molecule has 2 fully saturated rings. The number of ether oxygens (including phenoxy) is 3. The van der Waals surface area contributed by atoms with Crippen molar-refractivity contribution in [3.05, 3.63) is 23.8 Å². The van der Waals surface area contributed by atoms with Gasteiger partial charge in [-0.05, 0) is 43.4 Å². The van der Waals surface area contributed by atoms with Gasteiger partial charge in [0.1, 0.15) is 6.61 Å². The molecule has 1 aliphatic heterocycles. The minimum Gasteiger partial charge on any atom is -0.493 e. The minimum absolute atomic E-state index is 0.151. The van der Waals surface area contributed by atoms with Gasteiger partial charge in [-0.2, -0.15) is 0 Å². The second kappa shape index (κ2) is 7.01. The van der Waals surface area contributed by atoms with Crippen molar-refractivity contribution in [1.29, 1.82) is 0 Å². The van der Waals surface area contributed by atoms with Gasteiger partial charge < -0.3 is 19.5 Å². The average molecular weight is 305 g/mol. The first-order chi connectivity index (χ1) is 10.8. The highest BCUT2D eigenvalue weighted by molar-refractivity contribution is 5.80. The van der Waals surface area contributed by atoms with Gasteiger partial charge in [0.2, 0.25) is 5.91 Å². The van der Waals surface area contributed by atoms with Crippen LogP contribution < -0.4 is 14.8 Å². The molecule has 1 heterocycles. The summed E-state index contributed by atoms with van der Waals surface area (Å²) in [7, 11) is 1.63. The third kappa shape index (κ3) is 3.91. The smallest absolute Gasteiger partial charge is 0.223 e. The lowest BCUT2D eigenvalue weighted by Crippen LogP contribution is -2.24. The molecule has 1 aromatic carbocycles. The van der Waals surface area contributed by atoms with Crippen molar-refractivity contribution in [1.82, 2.24) is 5.32 Å². The molecule has 0 radical (unpaired) electrons. The van der Waals surface area contributed by atoms with E-state index >= 15 is 0 Å². The normalized spacial score (nSPS) is 20.7. The fourth-order valence-electron chi connectivity index (χ4n) is 2.58. The Hall–Kier alpha value is -1.75. The number of carbonyl (C=O) groups is 1. The van der Waals surface area contributed by atoms with Gasteiger partial charge in [0.05, 0.1) is 13.2 Å². The summed E-state index contributed by atoms with van der Waals surface area (Å²) in [5.74, 6) is 1.79. The lowest BCUT2D eigenvalue weighted by molar-refractivity contribution is -0.122. The maximum atomic E-state index is 11.7. The third-order valence-corrected chi connectivity index (χ3v) is 4.09. The summed E-state index contributed by atoms with van der Waals surface area (Å²) < 4.78 is 16.7. The SMILES string of the molecule is COc1cc(CNC(=O)C2CC2)ccc1OC[C@@H]1CCCO1. The molecule has 1 atom stereocenters. The van der Waals surface area contributed by atoms with Crippen molar-refractivity contribution in [3.8, 4) is 11.5 Å². The summed E-state index contributed by atoms with van der Waals surface area (Å²) in [5, 5.41) is 2.95. The van der Waals surface area contributed by atoms with E-state index in [4.69, 9.17) is 14.2 Å². The van der Waals surface area contributed by atoms with Crippen LogP contribution in [0.1, 0.15) is 31.2 Å². The van der Waals surface area contributed by atoms with Gasteiger partial charge in [-0.25, -0.2) is 0 Å². The molecule has 0 spiro atoms. The van der Waals surface area contributed by atoms with E-state index in [-0.39, 0.29) is 17.9 Å². The van der Waals surface area contributed by atoms with Crippen LogP contribution in [0.15, 0.2) is 18.2 Å². The van der Waals surface area contributed by atoms with E-state index < -0.39 is 0 Å². The Kier molecular flexibility index (Phi) is 4.83. The zero-order valence-corrected chi connectivity index (χ0v) is 13.0. The first kappa shape index (κ1) is 15.2. The van der Waals surface area contributed by atoms with Crippen LogP contribution in [0.4, 0.5) is 0 Å².